The molecule has 15 heavy (non-hydrogen) atoms. The fourth-order valence-corrected chi connectivity index (χ4v) is 1.20. The Hall–Kier alpha value is -1.83. The molecule has 0 spiro atoms. The van der Waals surface area contributed by atoms with Gasteiger partial charge in [0.2, 0.25) is 5.69 Å². The molecular weight excluding hydrogens is 186 g/mol. The van der Waals surface area contributed by atoms with Gasteiger partial charge in [-0.2, -0.15) is 4.57 Å². The molecule has 2 rings (SSSR count). The number of hydrogen-bond acceptors (Lipinski definition) is 1. The van der Waals surface area contributed by atoms with Crippen LogP contribution in [0.15, 0.2) is 54.9 Å². The van der Waals surface area contributed by atoms with Gasteiger partial charge in [-0.05, 0) is 12.1 Å². The van der Waals surface area contributed by atoms with Crippen molar-refractivity contribution in [3.8, 4) is 11.4 Å². The Morgan fingerprint density at radius 2 is 1.40 bits per heavy atom. The number of hydrogen-bond donors (Lipinski definition) is 1. The monoisotopic (exact) mass is 202 g/mol. The SMILES string of the molecule is CC.Oc1ccc(-[n+]2ccccc2)cc1. The summed E-state index contributed by atoms with van der Waals surface area (Å²) in [5.74, 6) is 0.292. The molecule has 0 fully saturated rings. The highest BCUT2D eigenvalue weighted by Gasteiger charge is 2.02. The molecule has 0 unspecified atom stereocenters. The zero-order valence-electron chi connectivity index (χ0n) is 9.09. The van der Waals surface area contributed by atoms with Crippen molar-refractivity contribution in [2.45, 2.75) is 13.8 Å². The van der Waals surface area contributed by atoms with Crippen molar-refractivity contribution < 1.29 is 9.67 Å². The minimum atomic E-state index is 0.292. The summed E-state index contributed by atoms with van der Waals surface area (Å²) < 4.78 is 1.99. The molecule has 0 bridgehead atoms. The van der Waals surface area contributed by atoms with Crippen LogP contribution in [0.1, 0.15) is 13.8 Å². The quantitative estimate of drug-likeness (QED) is 0.706. The molecule has 78 valence electrons. The Labute approximate surface area is 90.4 Å². The maximum atomic E-state index is 9.09. The molecule has 0 aliphatic carbocycles. The first-order valence-corrected chi connectivity index (χ1v) is 5.12. The summed E-state index contributed by atoms with van der Waals surface area (Å²) in [5, 5.41) is 9.09. The summed E-state index contributed by atoms with van der Waals surface area (Å²) in [6.07, 6.45) is 3.93. The van der Waals surface area contributed by atoms with Gasteiger partial charge in [0, 0.05) is 24.3 Å². The molecule has 1 N–H and O–H groups in total. The molecule has 0 atom stereocenters. The van der Waals surface area contributed by atoms with Gasteiger partial charge in [0.25, 0.3) is 0 Å². The van der Waals surface area contributed by atoms with E-state index < -0.39 is 0 Å². The van der Waals surface area contributed by atoms with E-state index in [4.69, 9.17) is 5.11 Å². The van der Waals surface area contributed by atoms with E-state index in [0.717, 1.165) is 5.69 Å². The third-order valence-corrected chi connectivity index (χ3v) is 1.86. The van der Waals surface area contributed by atoms with Crippen LogP contribution in [0.5, 0.6) is 5.75 Å². The molecule has 0 saturated heterocycles. The van der Waals surface area contributed by atoms with Crippen molar-refractivity contribution in [1.82, 2.24) is 0 Å². The molecule has 2 nitrogen and oxygen atoms in total. The average Bonchev–Trinajstić information content (AvgIpc) is 2.34. The molecule has 0 radical (unpaired) electrons. The fraction of sp³-hybridized carbons (Fsp3) is 0.154. The van der Waals surface area contributed by atoms with E-state index in [-0.39, 0.29) is 0 Å². The van der Waals surface area contributed by atoms with Gasteiger partial charge in [-0.25, -0.2) is 0 Å². The number of rotatable bonds is 1. The number of phenolic OH excluding ortho intramolecular Hbond substituents is 1. The van der Waals surface area contributed by atoms with Crippen LogP contribution in [0.2, 0.25) is 0 Å². The van der Waals surface area contributed by atoms with Crippen LogP contribution in [-0.4, -0.2) is 5.11 Å². The van der Waals surface area contributed by atoms with E-state index in [2.05, 4.69) is 0 Å². The van der Waals surface area contributed by atoms with Crippen LogP contribution < -0.4 is 4.57 Å². The van der Waals surface area contributed by atoms with Gasteiger partial charge in [0.15, 0.2) is 12.4 Å². The van der Waals surface area contributed by atoms with E-state index >= 15 is 0 Å². The summed E-state index contributed by atoms with van der Waals surface area (Å²) in [6, 6.07) is 13.0. The maximum Gasteiger partial charge on any atom is 0.210 e. The van der Waals surface area contributed by atoms with E-state index in [0.29, 0.717) is 5.75 Å². The molecule has 1 aromatic heterocycles. The van der Waals surface area contributed by atoms with Gasteiger partial charge in [-0.15, -0.1) is 0 Å². The molecule has 1 aromatic carbocycles. The molecule has 0 saturated carbocycles. The predicted molar refractivity (Wildman–Crippen MR) is 61.0 cm³/mol. The minimum Gasteiger partial charge on any atom is -0.508 e. The largest absolute Gasteiger partial charge is 0.508 e. The Kier molecular flexibility index (Phi) is 4.35. The first kappa shape index (κ1) is 11.2. The zero-order valence-corrected chi connectivity index (χ0v) is 9.09. The smallest absolute Gasteiger partial charge is 0.210 e. The first-order valence-electron chi connectivity index (χ1n) is 5.12. The highest BCUT2D eigenvalue weighted by atomic mass is 16.3. The van der Waals surface area contributed by atoms with Crippen molar-refractivity contribution in [3.05, 3.63) is 54.9 Å². The molecule has 2 heteroatoms. The van der Waals surface area contributed by atoms with Crippen molar-refractivity contribution in [2.24, 2.45) is 0 Å². The van der Waals surface area contributed by atoms with Gasteiger partial charge >= 0.3 is 0 Å². The third kappa shape index (κ3) is 3.09. The van der Waals surface area contributed by atoms with Gasteiger partial charge in [0.1, 0.15) is 5.75 Å². The normalized spacial score (nSPS) is 8.93. The summed E-state index contributed by atoms with van der Waals surface area (Å²) in [4.78, 5) is 0. The van der Waals surface area contributed by atoms with Crippen LogP contribution in [0.3, 0.4) is 0 Å². The number of aromatic hydroxyl groups is 1. The zero-order chi connectivity index (χ0) is 11.1. The lowest BCUT2D eigenvalue weighted by Gasteiger charge is -1.94. The Bertz CT molecular complexity index is 381. The van der Waals surface area contributed by atoms with Crippen molar-refractivity contribution in [3.63, 3.8) is 0 Å². The lowest BCUT2D eigenvalue weighted by atomic mass is 10.3. The van der Waals surface area contributed by atoms with Gasteiger partial charge in [0.05, 0.1) is 0 Å². The highest BCUT2D eigenvalue weighted by Crippen LogP contribution is 2.08. The molecule has 2 aromatic rings. The standard InChI is InChI=1S/C11H9NO.C2H6/c13-11-6-4-10(5-7-11)12-8-2-1-3-9-12;1-2/h1-9H;1-2H3/p+1. The average molecular weight is 202 g/mol. The number of nitrogens with zero attached hydrogens (tertiary/aromatic N) is 1. The number of benzene rings is 1. The van der Waals surface area contributed by atoms with Gasteiger partial charge in [-0.3, -0.25) is 0 Å². The Balaban J connectivity index is 0.000000531. The second kappa shape index (κ2) is 5.81. The first-order chi connectivity index (χ1) is 7.36. The van der Waals surface area contributed by atoms with Crippen LogP contribution in [-0.2, 0) is 0 Å². The molecule has 0 aliphatic heterocycles. The van der Waals surface area contributed by atoms with E-state index in [9.17, 15) is 0 Å². The number of aromatic nitrogens is 1. The lowest BCUT2D eigenvalue weighted by molar-refractivity contribution is -0.595. The number of phenols is 1. The van der Waals surface area contributed by atoms with Crippen LogP contribution in [0, 0.1) is 0 Å². The fourth-order valence-electron chi connectivity index (χ4n) is 1.20. The van der Waals surface area contributed by atoms with Crippen molar-refractivity contribution in [1.29, 1.82) is 0 Å². The number of pyridine rings is 1. The Morgan fingerprint density at radius 1 is 0.867 bits per heavy atom. The predicted octanol–water partition coefficient (Wildman–Crippen LogP) is 2.70. The molecular formula is C13H16NO+. The Morgan fingerprint density at radius 3 is 1.93 bits per heavy atom. The van der Waals surface area contributed by atoms with Crippen LogP contribution in [0.4, 0.5) is 0 Å². The van der Waals surface area contributed by atoms with E-state index in [1.165, 1.54) is 0 Å². The van der Waals surface area contributed by atoms with E-state index in [1.807, 2.05) is 61.1 Å². The van der Waals surface area contributed by atoms with E-state index in [1.54, 1.807) is 12.1 Å². The van der Waals surface area contributed by atoms with Gasteiger partial charge < -0.3 is 5.11 Å². The van der Waals surface area contributed by atoms with Gasteiger partial charge in [-0.1, -0.05) is 19.9 Å². The molecule has 1 heterocycles. The molecule has 0 amide bonds. The highest BCUT2D eigenvalue weighted by molar-refractivity contribution is 5.30. The maximum absolute atomic E-state index is 9.09. The third-order valence-electron chi connectivity index (χ3n) is 1.86. The lowest BCUT2D eigenvalue weighted by Crippen LogP contribution is -2.28. The summed E-state index contributed by atoms with van der Waals surface area (Å²) in [7, 11) is 0. The summed E-state index contributed by atoms with van der Waals surface area (Å²) >= 11 is 0. The topological polar surface area (TPSA) is 24.1 Å². The van der Waals surface area contributed by atoms with Crippen LogP contribution >= 0.6 is 0 Å². The second-order valence-electron chi connectivity index (χ2n) is 2.80. The minimum absolute atomic E-state index is 0.292. The van der Waals surface area contributed by atoms with Crippen molar-refractivity contribution in [2.75, 3.05) is 0 Å². The molecule has 0 aliphatic rings. The summed E-state index contributed by atoms with van der Waals surface area (Å²) in [6.45, 7) is 4.00. The van der Waals surface area contributed by atoms with Crippen molar-refractivity contribution >= 4 is 0 Å². The second-order valence-corrected chi connectivity index (χ2v) is 2.80. The summed E-state index contributed by atoms with van der Waals surface area (Å²) in [5.41, 5.74) is 1.04. The van der Waals surface area contributed by atoms with Crippen LogP contribution in [0.25, 0.3) is 5.69 Å².